The molecule has 3 aromatic carbocycles. The maximum Gasteiger partial charge on any atom is 0.416 e. The zero-order chi connectivity index (χ0) is 26.3. The van der Waals surface area contributed by atoms with Gasteiger partial charge in [0.25, 0.3) is 0 Å². The molecule has 0 radical (unpaired) electrons. The van der Waals surface area contributed by atoms with Gasteiger partial charge in [-0.05, 0) is 42.3 Å². The monoisotopic (exact) mass is 505 g/mol. The average Bonchev–Trinajstić information content (AvgIpc) is 3.44. The van der Waals surface area contributed by atoms with E-state index in [0.717, 1.165) is 34.7 Å². The number of carbonyl (C=O) groups excluding carboxylic acids is 4. The van der Waals surface area contributed by atoms with Gasteiger partial charge in [0.05, 0.1) is 29.2 Å². The van der Waals surface area contributed by atoms with E-state index in [0.29, 0.717) is 5.56 Å². The zero-order valence-corrected chi connectivity index (χ0v) is 19.3. The van der Waals surface area contributed by atoms with Crippen molar-refractivity contribution in [1.82, 2.24) is 0 Å². The van der Waals surface area contributed by atoms with Crippen LogP contribution in [0.25, 0.3) is 0 Å². The smallest absolute Gasteiger partial charge is 0.349 e. The maximum absolute atomic E-state index is 13.8. The molecule has 3 aromatic rings. The van der Waals surface area contributed by atoms with Gasteiger partial charge in [0.15, 0.2) is 0 Å². The number of imide groups is 1. The van der Waals surface area contributed by atoms with Crippen molar-refractivity contribution in [1.29, 1.82) is 0 Å². The lowest BCUT2D eigenvalue weighted by atomic mass is 9.77. The van der Waals surface area contributed by atoms with E-state index in [1.165, 1.54) is 12.1 Å². The molecule has 2 fully saturated rings. The summed E-state index contributed by atoms with van der Waals surface area (Å²) in [6, 6.07) is 16.7. The minimum absolute atomic E-state index is 0.0773. The average molecular weight is 505 g/mol. The van der Waals surface area contributed by atoms with Crippen LogP contribution in [-0.2, 0) is 20.5 Å². The number of hydrogen-bond acceptors (Lipinski definition) is 5. The number of nitrogens with zero attached hydrogens (tertiary/aromatic N) is 1. The number of ether oxygens (including phenoxy) is 1. The van der Waals surface area contributed by atoms with Crippen molar-refractivity contribution in [3.63, 3.8) is 0 Å². The molecule has 0 saturated carbocycles. The van der Waals surface area contributed by atoms with Crippen LogP contribution in [-0.4, -0.2) is 29.0 Å². The number of hydrogen-bond donors (Lipinski definition) is 0. The lowest BCUT2D eigenvalue weighted by molar-refractivity contribution is -0.137. The predicted octanol–water partition coefficient (Wildman–Crippen LogP) is 4.71. The molecule has 0 unspecified atom stereocenters. The van der Waals surface area contributed by atoms with Crippen LogP contribution in [0.3, 0.4) is 0 Å². The summed E-state index contributed by atoms with van der Waals surface area (Å²) in [7, 11) is 0. The van der Waals surface area contributed by atoms with Crippen LogP contribution in [0.2, 0.25) is 0 Å². The quantitative estimate of drug-likeness (QED) is 0.372. The summed E-state index contributed by atoms with van der Waals surface area (Å²) >= 11 is 0. The fraction of sp³-hybridized carbons (Fsp3) is 0.214. The first-order valence-electron chi connectivity index (χ1n) is 11.5. The second-order valence-corrected chi connectivity index (χ2v) is 9.39. The Morgan fingerprint density at radius 1 is 0.784 bits per heavy atom. The van der Waals surface area contributed by atoms with Crippen LogP contribution in [0.5, 0.6) is 0 Å². The fourth-order valence-electron chi connectivity index (χ4n) is 5.76. The Morgan fingerprint density at radius 2 is 1.35 bits per heavy atom. The molecule has 0 N–H and O–H groups in total. The largest absolute Gasteiger partial charge is 0.416 e. The molecule has 3 atom stereocenters. The molecular weight excluding hydrogens is 487 g/mol. The van der Waals surface area contributed by atoms with Gasteiger partial charge >= 0.3 is 6.18 Å². The zero-order valence-electron chi connectivity index (χ0n) is 19.3. The first kappa shape index (κ1) is 23.3. The fourth-order valence-corrected chi connectivity index (χ4v) is 5.76. The highest BCUT2D eigenvalue weighted by Gasteiger charge is 2.74. The Labute approximate surface area is 208 Å². The SMILES string of the molecule is Cc1ccccc1[C@@H]1OC2(C(=O)c3ccccc3C2=O)[C@H]2C(=O)N(c3ccc(C(F)(F)F)cc3)C(=O)[C@@H]12. The third-order valence-electron chi connectivity index (χ3n) is 7.47. The van der Waals surface area contributed by atoms with E-state index in [9.17, 15) is 32.3 Å². The van der Waals surface area contributed by atoms with Crippen molar-refractivity contribution in [2.75, 3.05) is 4.90 Å². The Hall–Kier alpha value is -4.11. The lowest BCUT2D eigenvalue weighted by Gasteiger charge is -2.27. The van der Waals surface area contributed by atoms with E-state index >= 15 is 0 Å². The highest BCUT2D eigenvalue weighted by molar-refractivity contribution is 6.37. The number of ketones is 2. The van der Waals surface area contributed by atoms with E-state index < -0.39 is 58.7 Å². The Morgan fingerprint density at radius 3 is 1.92 bits per heavy atom. The topological polar surface area (TPSA) is 80.8 Å². The number of alkyl halides is 3. The van der Waals surface area contributed by atoms with Gasteiger partial charge in [-0.3, -0.25) is 19.2 Å². The molecule has 2 saturated heterocycles. The molecule has 6 rings (SSSR count). The summed E-state index contributed by atoms with van der Waals surface area (Å²) in [5.74, 6) is -5.70. The molecule has 0 bridgehead atoms. The van der Waals surface area contributed by atoms with Crippen LogP contribution in [0, 0.1) is 18.8 Å². The van der Waals surface area contributed by atoms with E-state index in [1.807, 2.05) is 0 Å². The van der Waals surface area contributed by atoms with E-state index in [2.05, 4.69) is 0 Å². The van der Waals surface area contributed by atoms with Crippen LogP contribution >= 0.6 is 0 Å². The predicted molar refractivity (Wildman–Crippen MR) is 124 cm³/mol. The van der Waals surface area contributed by atoms with E-state index in [1.54, 1.807) is 43.3 Å². The first-order valence-corrected chi connectivity index (χ1v) is 11.5. The minimum Gasteiger partial charge on any atom is -0.349 e. The van der Waals surface area contributed by atoms with E-state index in [4.69, 9.17) is 4.74 Å². The van der Waals surface area contributed by atoms with Crippen molar-refractivity contribution in [3.05, 3.63) is 101 Å². The van der Waals surface area contributed by atoms with Crippen molar-refractivity contribution >= 4 is 29.1 Å². The molecule has 3 aliphatic rings. The Bertz CT molecular complexity index is 1480. The highest BCUT2D eigenvalue weighted by Crippen LogP contribution is 2.58. The number of carbonyl (C=O) groups is 4. The van der Waals surface area contributed by atoms with Crippen LogP contribution in [0.15, 0.2) is 72.8 Å². The molecular formula is C28H18F3NO5. The van der Waals surface area contributed by atoms with Gasteiger partial charge in [-0.25, -0.2) is 4.90 Å². The number of fused-ring (bicyclic) bond motifs is 3. The summed E-state index contributed by atoms with van der Waals surface area (Å²) in [5, 5.41) is 0. The molecule has 2 amide bonds. The molecule has 9 heteroatoms. The van der Waals surface area contributed by atoms with Gasteiger partial charge in [0.1, 0.15) is 0 Å². The van der Waals surface area contributed by atoms with Crippen LogP contribution in [0.4, 0.5) is 18.9 Å². The molecule has 0 aromatic heterocycles. The Kier molecular flexibility index (Phi) is 4.84. The van der Waals surface area contributed by atoms with Crippen molar-refractivity contribution < 1.29 is 37.1 Å². The van der Waals surface area contributed by atoms with Crippen molar-refractivity contribution in [2.45, 2.75) is 24.8 Å². The third-order valence-corrected chi connectivity index (χ3v) is 7.47. The molecule has 6 nitrogen and oxygen atoms in total. The molecule has 37 heavy (non-hydrogen) atoms. The molecule has 1 aliphatic carbocycles. The highest BCUT2D eigenvalue weighted by atomic mass is 19.4. The number of rotatable bonds is 2. The summed E-state index contributed by atoms with van der Waals surface area (Å²) in [6.45, 7) is 1.78. The molecule has 2 heterocycles. The number of aryl methyl sites for hydroxylation is 1. The number of anilines is 1. The second kappa shape index (κ2) is 7.69. The first-order chi connectivity index (χ1) is 17.6. The normalized spacial score (nSPS) is 24.2. The van der Waals surface area contributed by atoms with E-state index in [-0.39, 0.29) is 16.8 Å². The van der Waals surface area contributed by atoms with Gasteiger partial charge in [0, 0.05) is 11.1 Å². The lowest BCUT2D eigenvalue weighted by Crippen LogP contribution is -2.51. The molecule has 186 valence electrons. The molecule has 1 spiro atoms. The van der Waals surface area contributed by atoms with Crippen molar-refractivity contribution in [2.24, 2.45) is 11.8 Å². The summed E-state index contributed by atoms with van der Waals surface area (Å²) < 4.78 is 45.5. The number of amides is 2. The minimum atomic E-state index is -4.60. The third kappa shape index (κ3) is 3.03. The van der Waals surface area contributed by atoms with Crippen LogP contribution in [0.1, 0.15) is 43.5 Å². The number of Topliss-reactive ketones (excluding diaryl/α,β-unsaturated/α-hetero) is 2. The number of halogens is 3. The summed E-state index contributed by atoms with van der Waals surface area (Å²) in [5.41, 5.74) is -1.78. The standard InChI is InChI=1S/C28H18F3NO5/c1-14-6-2-3-7-17(14)22-20-21(27(37-22)23(33)18-8-4-5-9-19(18)24(27)34)26(36)32(25(20)35)16-12-10-15(11-13-16)28(29,30)31/h2-13,20-22H,1H3/t20-,21-,22+/m1/s1. The van der Waals surface area contributed by atoms with Gasteiger partial charge in [-0.1, -0.05) is 48.5 Å². The molecule has 2 aliphatic heterocycles. The second-order valence-electron chi connectivity index (χ2n) is 9.39. The summed E-state index contributed by atoms with van der Waals surface area (Å²) in [6.07, 6.45) is -5.69. The number of benzene rings is 3. The van der Waals surface area contributed by atoms with Crippen LogP contribution < -0.4 is 4.90 Å². The van der Waals surface area contributed by atoms with Gasteiger partial charge in [-0.15, -0.1) is 0 Å². The van der Waals surface area contributed by atoms with Gasteiger partial charge in [-0.2, -0.15) is 13.2 Å². The van der Waals surface area contributed by atoms with Gasteiger partial charge in [0.2, 0.25) is 29.0 Å². The van der Waals surface area contributed by atoms with Gasteiger partial charge < -0.3 is 4.74 Å². The summed E-state index contributed by atoms with van der Waals surface area (Å²) in [4.78, 5) is 55.9. The van der Waals surface area contributed by atoms with Crippen molar-refractivity contribution in [3.8, 4) is 0 Å². The Balaban J connectivity index is 1.51. The maximum atomic E-state index is 13.8.